The predicted molar refractivity (Wildman–Crippen MR) is 104 cm³/mol. The fourth-order valence-corrected chi connectivity index (χ4v) is 3.41. The molecule has 8 heteroatoms. The number of aryl methyl sites for hydroxylation is 5. The summed E-state index contributed by atoms with van der Waals surface area (Å²) in [5.74, 6) is 1.59. The summed E-state index contributed by atoms with van der Waals surface area (Å²) in [7, 11) is 0. The third kappa shape index (κ3) is 3.26. The fourth-order valence-electron chi connectivity index (χ4n) is 3.28. The zero-order valence-corrected chi connectivity index (χ0v) is 16.1. The van der Waals surface area contributed by atoms with Crippen LogP contribution in [0.5, 0.6) is 0 Å². The Labute approximate surface area is 160 Å². The summed E-state index contributed by atoms with van der Waals surface area (Å²) >= 11 is 6.00. The number of nitrogens with zero attached hydrogens (tertiary/aromatic N) is 5. The molecule has 0 unspecified atom stereocenters. The van der Waals surface area contributed by atoms with Gasteiger partial charge in [-0.05, 0) is 38.5 Å². The van der Waals surface area contributed by atoms with Crippen molar-refractivity contribution in [2.75, 3.05) is 0 Å². The average Bonchev–Trinajstić information content (AvgIpc) is 3.12. The SMILES string of the molecule is Cc1nc(C)n(CCc2cc(=O)n3[nH]c(C)c(-c4ccc(Cl)cc4)c3n2)n1. The predicted octanol–water partition coefficient (Wildman–Crippen LogP) is 3.10. The number of hydrogen-bond donors (Lipinski definition) is 1. The first-order valence-corrected chi connectivity index (χ1v) is 9.05. The molecular weight excluding hydrogens is 364 g/mol. The monoisotopic (exact) mass is 382 g/mol. The molecule has 1 aromatic carbocycles. The standard InChI is InChI=1S/C19H19ClN6O/c1-11-18(14-4-6-15(20)7-5-14)19-22-16(10-17(27)26(19)23-11)8-9-25-13(3)21-12(2)24-25/h4-7,10,23H,8-9H2,1-3H3. The van der Waals surface area contributed by atoms with E-state index in [4.69, 9.17) is 16.6 Å². The van der Waals surface area contributed by atoms with Crippen LogP contribution >= 0.6 is 11.6 Å². The van der Waals surface area contributed by atoms with Gasteiger partial charge < -0.3 is 0 Å². The van der Waals surface area contributed by atoms with E-state index < -0.39 is 0 Å². The van der Waals surface area contributed by atoms with E-state index >= 15 is 0 Å². The Balaban J connectivity index is 1.75. The van der Waals surface area contributed by atoms with Crippen molar-refractivity contribution in [3.63, 3.8) is 0 Å². The van der Waals surface area contributed by atoms with Crippen LogP contribution in [0.4, 0.5) is 0 Å². The van der Waals surface area contributed by atoms with E-state index in [1.54, 1.807) is 6.07 Å². The van der Waals surface area contributed by atoms with E-state index in [9.17, 15) is 4.79 Å². The maximum Gasteiger partial charge on any atom is 0.272 e. The van der Waals surface area contributed by atoms with E-state index in [2.05, 4.69) is 15.2 Å². The summed E-state index contributed by atoms with van der Waals surface area (Å²) in [6.07, 6.45) is 0.597. The second-order valence-electron chi connectivity index (χ2n) is 6.54. The molecule has 0 saturated carbocycles. The lowest BCUT2D eigenvalue weighted by molar-refractivity contribution is 0.585. The van der Waals surface area contributed by atoms with Gasteiger partial charge in [0.2, 0.25) is 0 Å². The molecule has 27 heavy (non-hydrogen) atoms. The van der Waals surface area contributed by atoms with Crippen molar-refractivity contribution in [3.8, 4) is 11.1 Å². The number of aromatic nitrogens is 6. The molecule has 3 aromatic heterocycles. The van der Waals surface area contributed by atoms with Crippen LogP contribution in [0.1, 0.15) is 23.0 Å². The second kappa shape index (κ2) is 6.66. The lowest BCUT2D eigenvalue weighted by atomic mass is 10.1. The quantitative estimate of drug-likeness (QED) is 0.588. The minimum atomic E-state index is -0.134. The number of H-pyrrole nitrogens is 1. The van der Waals surface area contributed by atoms with Gasteiger partial charge in [-0.25, -0.2) is 19.2 Å². The van der Waals surface area contributed by atoms with E-state index in [0.717, 1.165) is 34.2 Å². The zero-order valence-electron chi connectivity index (χ0n) is 15.3. The number of nitrogens with one attached hydrogen (secondary N) is 1. The molecule has 0 atom stereocenters. The van der Waals surface area contributed by atoms with Crippen molar-refractivity contribution in [2.45, 2.75) is 33.7 Å². The van der Waals surface area contributed by atoms with Gasteiger partial charge >= 0.3 is 0 Å². The van der Waals surface area contributed by atoms with Crippen LogP contribution in [0.25, 0.3) is 16.8 Å². The van der Waals surface area contributed by atoms with Gasteiger partial charge in [-0.15, -0.1) is 0 Å². The van der Waals surface area contributed by atoms with Gasteiger partial charge in [-0.3, -0.25) is 9.89 Å². The summed E-state index contributed by atoms with van der Waals surface area (Å²) in [5.41, 5.74) is 3.94. The summed E-state index contributed by atoms with van der Waals surface area (Å²) in [5, 5.41) is 8.13. The molecule has 0 spiro atoms. The third-order valence-electron chi connectivity index (χ3n) is 4.53. The highest BCUT2D eigenvalue weighted by Gasteiger charge is 2.15. The number of aromatic amines is 1. The molecule has 0 aliphatic carbocycles. The zero-order chi connectivity index (χ0) is 19.1. The van der Waals surface area contributed by atoms with Crippen LogP contribution in [0, 0.1) is 20.8 Å². The van der Waals surface area contributed by atoms with Crippen LogP contribution in [0.3, 0.4) is 0 Å². The van der Waals surface area contributed by atoms with Crippen LogP contribution in [0.15, 0.2) is 35.1 Å². The molecule has 4 rings (SSSR count). The first-order chi connectivity index (χ1) is 12.9. The molecule has 7 nitrogen and oxygen atoms in total. The van der Waals surface area contributed by atoms with Gasteiger partial charge in [-0.1, -0.05) is 23.7 Å². The van der Waals surface area contributed by atoms with Crippen molar-refractivity contribution in [1.82, 2.24) is 29.4 Å². The smallest absolute Gasteiger partial charge is 0.272 e. The van der Waals surface area contributed by atoms with Gasteiger partial charge in [0.25, 0.3) is 5.56 Å². The molecule has 3 heterocycles. The topological polar surface area (TPSA) is 80.9 Å². The molecule has 0 fully saturated rings. The summed E-state index contributed by atoms with van der Waals surface area (Å²) < 4.78 is 3.31. The second-order valence-corrected chi connectivity index (χ2v) is 6.98. The number of halogens is 1. The van der Waals surface area contributed by atoms with Gasteiger partial charge in [0.1, 0.15) is 11.6 Å². The molecule has 0 aliphatic heterocycles. The minimum Gasteiger partial charge on any atom is -0.293 e. The van der Waals surface area contributed by atoms with Crippen LogP contribution in [-0.2, 0) is 13.0 Å². The number of fused-ring (bicyclic) bond motifs is 1. The Morgan fingerprint density at radius 3 is 2.52 bits per heavy atom. The summed E-state index contributed by atoms with van der Waals surface area (Å²) in [6, 6.07) is 9.08. The highest BCUT2D eigenvalue weighted by Crippen LogP contribution is 2.27. The fraction of sp³-hybridized carbons (Fsp3) is 0.263. The van der Waals surface area contributed by atoms with Crippen LogP contribution in [-0.4, -0.2) is 29.4 Å². The highest BCUT2D eigenvalue weighted by atomic mass is 35.5. The maximum absolute atomic E-state index is 12.6. The molecule has 1 N–H and O–H groups in total. The van der Waals surface area contributed by atoms with Gasteiger partial charge in [0, 0.05) is 35.3 Å². The Bertz CT molecular complexity index is 1190. The first kappa shape index (κ1) is 17.5. The van der Waals surface area contributed by atoms with Crippen molar-refractivity contribution in [3.05, 3.63) is 68.7 Å². The van der Waals surface area contributed by atoms with Gasteiger partial charge in [0.15, 0.2) is 5.65 Å². The minimum absolute atomic E-state index is 0.134. The number of hydrogen-bond acceptors (Lipinski definition) is 4. The normalized spacial score (nSPS) is 11.4. The van der Waals surface area contributed by atoms with Gasteiger partial charge in [0.05, 0.1) is 5.69 Å². The first-order valence-electron chi connectivity index (χ1n) is 8.67. The molecule has 0 radical (unpaired) electrons. The van der Waals surface area contributed by atoms with Crippen LogP contribution < -0.4 is 5.56 Å². The lowest BCUT2D eigenvalue weighted by Gasteiger charge is -2.05. The van der Waals surface area contributed by atoms with Crippen LogP contribution in [0.2, 0.25) is 5.02 Å². The van der Waals surface area contributed by atoms with Crippen molar-refractivity contribution in [1.29, 1.82) is 0 Å². The molecule has 0 saturated heterocycles. The van der Waals surface area contributed by atoms with E-state index in [-0.39, 0.29) is 5.56 Å². The van der Waals surface area contributed by atoms with Crippen molar-refractivity contribution < 1.29 is 0 Å². The molecular formula is C19H19ClN6O. The molecule has 4 aromatic rings. The largest absolute Gasteiger partial charge is 0.293 e. The Hall–Kier alpha value is -2.93. The average molecular weight is 383 g/mol. The molecule has 0 bridgehead atoms. The maximum atomic E-state index is 12.6. The highest BCUT2D eigenvalue weighted by molar-refractivity contribution is 6.30. The van der Waals surface area contributed by atoms with Gasteiger partial charge in [-0.2, -0.15) is 5.10 Å². The lowest BCUT2D eigenvalue weighted by Crippen LogP contribution is -2.17. The molecule has 0 aliphatic rings. The molecule has 138 valence electrons. The van der Waals surface area contributed by atoms with E-state index in [1.165, 1.54) is 4.52 Å². The Kier molecular flexibility index (Phi) is 4.31. The number of rotatable bonds is 4. The Morgan fingerprint density at radius 1 is 1.11 bits per heavy atom. The Morgan fingerprint density at radius 2 is 1.85 bits per heavy atom. The number of benzene rings is 1. The summed E-state index contributed by atoms with van der Waals surface area (Å²) in [6.45, 7) is 6.33. The summed E-state index contributed by atoms with van der Waals surface area (Å²) in [4.78, 5) is 21.6. The van der Waals surface area contributed by atoms with E-state index in [0.29, 0.717) is 23.6 Å². The third-order valence-corrected chi connectivity index (χ3v) is 4.78. The van der Waals surface area contributed by atoms with Crippen molar-refractivity contribution >= 4 is 17.2 Å². The molecule has 0 amide bonds. The van der Waals surface area contributed by atoms with Crippen molar-refractivity contribution in [2.24, 2.45) is 0 Å². The van der Waals surface area contributed by atoms with E-state index in [1.807, 2.05) is 49.7 Å².